The SMILES string of the molecule is COc1ccc2c(c1C(C)N1CCN(C(=O)O)CC1)OC(=Cc1n[nH]c3ncccc13)C2=O. The summed E-state index contributed by atoms with van der Waals surface area (Å²) >= 11 is 0. The van der Waals surface area contributed by atoms with Gasteiger partial charge in [0.1, 0.15) is 11.5 Å². The zero-order chi connectivity index (χ0) is 23.1. The van der Waals surface area contributed by atoms with E-state index in [1.807, 2.05) is 13.0 Å². The van der Waals surface area contributed by atoms with E-state index in [2.05, 4.69) is 20.1 Å². The Hall–Kier alpha value is -3.92. The fourth-order valence-corrected chi connectivity index (χ4v) is 4.42. The molecule has 2 aliphatic heterocycles. The molecule has 2 aromatic heterocycles. The van der Waals surface area contributed by atoms with Crippen LogP contribution in [0, 0.1) is 0 Å². The fourth-order valence-electron chi connectivity index (χ4n) is 4.42. The van der Waals surface area contributed by atoms with Crippen molar-refractivity contribution < 1.29 is 24.2 Å². The lowest BCUT2D eigenvalue weighted by Gasteiger charge is -2.37. The summed E-state index contributed by atoms with van der Waals surface area (Å²) in [4.78, 5) is 32.2. The van der Waals surface area contributed by atoms with Gasteiger partial charge in [-0.05, 0) is 31.2 Å². The first-order valence-electron chi connectivity index (χ1n) is 10.6. The molecule has 10 nitrogen and oxygen atoms in total. The number of nitrogens with one attached hydrogen (secondary N) is 1. The average molecular weight is 449 g/mol. The van der Waals surface area contributed by atoms with Gasteiger partial charge in [-0.15, -0.1) is 0 Å². The zero-order valence-corrected chi connectivity index (χ0v) is 18.2. The van der Waals surface area contributed by atoms with E-state index in [-0.39, 0.29) is 17.6 Å². The van der Waals surface area contributed by atoms with Crippen LogP contribution >= 0.6 is 0 Å². The van der Waals surface area contributed by atoms with E-state index in [4.69, 9.17) is 9.47 Å². The van der Waals surface area contributed by atoms with Crippen LogP contribution in [0.4, 0.5) is 4.79 Å². The van der Waals surface area contributed by atoms with E-state index >= 15 is 0 Å². The number of aromatic amines is 1. The third-order valence-electron chi connectivity index (χ3n) is 6.24. The second-order valence-electron chi connectivity index (χ2n) is 7.99. The molecule has 0 saturated carbocycles. The first-order chi connectivity index (χ1) is 16.0. The molecule has 0 bridgehead atoms. The Labute approximate surface area is 189 Å². The number of nitrogens with zero attached hydrogens (tertiary/aromatic N) is 4. The van der Waals surface area contributed by atoms with E-state index in [0.717, 1.165) is 10.9 Å². The predicted molar refractivity (Wildman–Crippen MR) is 119 cm³/mol. The summed E-state index contributed by atoms with van der Waals surface area (Å²) in [6, 6.07) is 7.02. The number of ketones is 1. The molecule has 0 aliphatic carbocycles. The van der Waals surface area contributed by atoms with Crippen LogP contribution in [0.25, 0.3) is 17.1 Å². The second-order valence-corrected chi connectivity index (χ2v) is 7.99. The predicted octanol–water partition coefficient (Wildman–Crippen LogP) is 2.94. The van der Waals surface area contributed by atoms with Crippen LogP contribution in [0.1, 0.15) is 34.6 Å². The van der Waals surface area contributed by atoms with Crippen molar-refractivity contribution in [3.63, 3.8) is 0 Å². The van der Waals surface area contributed by atoms with Crippen molar-refractivity contribution in [1.29, 1.82) is 0 Å². The van der Waals surface area contributed by atoms with Gasteiger partial charge in [-0.25, -0.2) is 9.78 Å². The molecule has 0 spiro atoms. The maximum Gasteiger partial charge on any atom is 0.407 e. The summed E-state index contributed by atoms with van der Waals surface area (Å²) in [6.07, 6.45) is 2.38. The number of amides is 1. The molecular weight excluding hydrogens is 426 g/mol. The summed E-state index contributed by atoms with van der Waals surface area (Å²) in [6.45, 7) is 3.99. The highest BCUT2D eigenvalue weighted by molar-refractivity contribution is 6.15. The summed E-state index contributed by atoms with van der Waals surface area (Å²) in [5.41, 5.74) is 2.43. The van der Waals surface area contributed by atoms with Gasteiger partial charge in [0.25, 0.3) is 0 Å². The van der Waals surface area contributed by atoms with E-state index in [0.29, 0.717) is 54.6 Å². The molecule has 0 radical (unpaired) electrons. The quantitative estimate of drug-likeness (QED) is 0.583. The Morgan fingerprint density at radius 2 is 2.06 bits per heavy atom. The number of carbonyl (C=O) groups excluding carboxylic acids is 1. The lowest BCUT2D eigenvalue weighted by Crippen LogP contribution is -2.48. The van der Waals surface area contributed by atoms with Gasteiger partial charge in [0.15, 0.2) is 11.4 Å². The molecule has 2 N–H and O–H groups in total. The maximum absolute atomic E-state index is 13.2. The smallest absolute Gasteiger partial charge is 0.407 e. The second kappa shape index (κ2) is 8.21. The minimum Gasteiger partial charge on any atom is -0.496 e. The molecule has 3 aromatic rings. The van der Waals surface area contributed by atoms with Gasteiger partial charge in [0, 0.05) is 49.9 Å². The Kier molecular flexibility index (Phi) is 5.21. The molecule has 33 heavy (non-hydrogen) atoms. The lowest BCUT2D eigenvalue weighted by molar-refractivity contribution is 0.0877. The molecular formula is C23H23N5O5. The Balaban J connectivity index is 1.48. The molecule has 1 fully saturated rings. The first-order valence-corrected chi connectivity index (χ1v) is 10.6. The number of ether oxygens (including phenoxy) is 2. The molecule has 4 heterocycles. The maximum atomic E-state index is 13.2. The van der Waals surface area contributed by atoms with Crippen LogP contribution < -0.4 is 9.47 Å². The summed E-state index contributed by atoms with van der Waals surface area (Å²) in [5, 5.41) is 17.1. The van der Waals surface area contributed by atoms with Crippen molar-refractivity contribution in [1.82, 2.24) is 25.0 Å². The van der Waals surface area contributed by atoms with Crippen molar-refractivity contribution in [2.75, 3.05) is 33.3 Å². The fraction of sp³-hybridized carbons (Fsp3) is 0.304. The first kappa shape index (κ1) is 21.0. The van der Waals surface area contributed by atoms with E-state index in [1.165, 1.54) is 4.90 Å². The Morgan fingerprint density at radius 3 is 2.79 bits per heavy atom. The number of carboxylic acid groups (broad SMARTS) is 1. The largest absolute Gasteiger partial charge is 0.496 e. The van der Waals surface area contributed by atoms with Gasteiger partial charge in [-0.3, -0.25) is 14.8 Å². The van der Waals surface area contributed by atoms with E-state index < -0.39 is 6.09 Å². The van der Waals surface area contributed by atoms with Gasteiger partial charge in [0.2, 0.25) is 5.78 Å². The Morgan fingerprint density at radius 1 is 1.27 bits per heavy atom. The van der Waals surface area contributed by atoms with Crippen LogP contribution in [-0.2, 0) is 0 Å². The summed E-state index contributed by atoms with van der Waals surface area (Å²) in [7, 11) is 1.58. The number of benzene rings is 1. The van der Waals surface area contributed by atoms with Crippen molar-refractivity contribution in [2.45, 2.75) is 13.0 Å². The molecule has 1 aromatic carbocycles. The van der Waals surface area contributed by atoms with Gasteiger partial charge in [0.05, 0.1) is 23.9 Å². The van der Waals surface area contributed by atoms with Crippen LogP contribution in [-0.4, -0.2) is 75.3 Å². The molecule has 170 valence electrons. The summed E-state index contributed by atoms with van der Waals surface area (Å²) in [5.74, 6) is 1.04. The van der Waals surface area contributed by atoms with Crippen molar-refractivity contribution in [3.8, 4) is 11.5 Å². The third-order valence-corrected chi connectivity index (χ3v) is 6.24. The van der Waals surface area contributed by atoms with Crippen molar-refractivity contribution in [3.05, 3.63) is 53.0 Å². The minimum absolute atomic E-state index is 0.145. The highest BCUT2D eigenvalue weighted by Gasteiger charge is 2.36. The number of Topliss-reactive ketones (excluding diaryl/α,β-unsaturated/α-hetero) is 1. The topological polar surface area (TPSA) is 121 Å². The van der Waals surface area contributed by atoms with E-state index in [9.17, 15) is 14.7 Å². The minimum atomic E-state index is -0.912. The molecule has 1 atom stereocenters. The normalized spacial score (nSPS) is 18.4. The van der Waals surface area contributed by atoms with Crippen LogP contribution in [0.3, 0.4) is 0 Å². The standard InChI is InChI=1S/C23H23N5O5/c1-13(27-8-10-28(11-9-27)23(30)31)19-17(32-2)6-5-15-20(29)18(33-21(15)19)12-16-14-4-3-7-24-22(14)26-25-16/h3-7,12-13H,8-11H2,1-2H3,(H,30,31)(H,24,25,26). The van der Waals surface area contributed by atoms with E-state index in [1.54, 1.807) is 37.6 Å². The van der Waals surface area contributed by atoms with Crippen LogP contribution in [0.2, 0.25) is 0 Å². The number of hydrogen-bond acceptors (Lipinski definition) is 7. The van der Waals surface area contributed by atoms with Gasteiger partial charge in [-0.1, -0.05) is 0 Å². The molecule has 1 unspecified atom stereocenters. The van der Waals surface area contributed by atoms with Gasteiger partial charge < -0.3 is 19.5 Å². The monoisotopic (exact) mass is 449 g/mol. The summed E-state index contributed by atoms with van der Waals surface area (Å²) < 4.78 is 11.7. The number of pyridine rings is 1. The average Bonchev–Trinajstić information content (AvgIpc) is 3.39. The van der Waals surface area contributed by atoms with Crippen LogP contribution in [0.5, 0.6) is 11.5 Å². The number of H-pyrrole nitrogens is 1. The molecule has 5 rings (SSSR count). The van der Waals surface area contributed by atoms with Crippen LogP contribution in [0.15, 0.2) is 36.2 Å². The number of allylic oxidation sites excluding steroid dienone is 1. The van der Waals surface area contributed by atoms with Gasteiger partial charge >= 0.3 is 6.09 Å². The molecule has 1 saturated heterocycles. The highest BCUT2D eigenvalue weighted by atomic mass is 16.5. The number of fused-ring (bicyclic) bond motifs is 2. The molecule has 2 aliphatic rings. The van der Waals surface area contributed by atoms with Gasteiger partial charge in [-0.2, -0.15) is 5.10 Å². The lowest BCUT2D eigenvalue weighted by atomic mass is 9.99. The van der Waals surface area contributed by atoms with Crippen molar-refractivity contribution >= 4 is 29.0 Å². The molecule has 1 amide bonds. The number of piperazine rings is 1. The zero-order valence-electron chi connectivity index (χ0n) is 18.2. The third kappa shape index (κ3) is 3.58. The number of rotatable bonds is 4. The van der Waals surface area contributed by atoms with Crippen molar-refractivity contribution in [2.24, 2.45) is 0 Å². The number of carbonyl (C=O) groups is 2. The number of methoxy groups -OCH3 is 1. The highest BCUT2D eigenvalue weighted by Crippen LogP contribution is 2.44. The number of aromatic nitrogens is 3. The molecule has 10 heteroatoms. The number of hydrogen-bond donors (Lipinski definition) is 2. The Bertz CT molecular complexity index is 1280.